The Morgan fingerprint density at radius 1 is 1.64 bits per heavy atom. The molecule has 0 saturated carbocycles. The summed E-state index contributed by atoms with van der Waals surface area (Å²) in [6, 6.07) is 4.11. The van der Waals surface area contributed by atoms with E-state index < -0.39 is 0 Å². The summed E-state index contributed by atoms with van der Waals surface area (Å²) in [5.74, 6) is 0.939. The highest BCUT2D eigenvalue weighted by Crippen LogP contribution is 2.20. The predicted octanol–water partition coefficient (Wildman–Crippen LogP) is 1.64. The lowest BCUT2D eigenvalue weighted by Crippen LogP contribution is -2.29. The van der Waals surface area contributed by atoms with Crippen LogP contribution >= 0.6 is 11.3 Å². The Morgan fingerprint density at radius 2 is 2.50 bits per heavy atom. The van der Waals surface area contributed by atoms with Crippen LogP contribution in [0.1, 0.15) is 11.8 Å². The minimum atomic E-state index is 0.431. The number of nitrogens with two attached hydrogens (primary N) is 1. The van der Waals surface area contributed by atoms with Crippen molar-refractivity contribution in [3.8, 4) is 0 Å². The summed E-state index contributed by atoms with van der Waals surface area (Å²) in [7, 11) is 0. The standard InChI is InChI=1S/C10H13N3S/c1-7-5-8(9-3-2-4-14-9)13-10(11)12-6-7/h2-5,7H,6H2,1H3,(H3,11,12,13). The van der Waals surface area contributed by atoms with Crippen LogP contribution in [0.15, 0.2) is 28.6 Å². The average Bonchev–Trinajstić information content (AvgIpc) is 2.61. The molecule has 3 nitrogen and oxygen atoms in total. The van der Waals surface area contributed by atoms with Crippen LogP contribution in [0.25, 0.3) is 5.70 Å². The molecular weight excluding hydrogens is 194 g/mol. The molecule has 1 atom stereocenters. The molecule has 2 heterocycles. The van der Waals surface area contributed by atoms with Gasteiger partial charge in [0.15, 0.2) is 5.96 Å². The molecule has 1 unspecified atom stereocenters. The lowest BCUT2D eigenvalue weighted by molar-refractivity contribution is 0.746. The van der Waals surface area contributed by atoms with Crippen LogP contribution < -0.4 is 11.1 Å². The second-order valence-corrected chi connectivity index (χ2v) is 4.33. The predicted molar refractivity (Wildman–Crippen MR) is 61.1 cm³/mol. The van der Waals surface area contributed by atoms with Gasteiger partial charge in [-0.05, 0) is 17.4 Å². The highest BCUT2D eigenvalue weighted by Gasteiger charge is 2.10. The second-order valence-electron chi connectivity index (χ2n) is 3.39. The van der Waals surface area contributed by atoms with Crippen molar-refractivity contribution in [2.75, 3.05) is 6.54 Å². The Hall–Kier alpha value is -1.29. The zero-order valence-electron chi connectivity index (χ0n) is 8.03. The summed E-state index contributed by atoms with van der Waals surface area (Å²) in [4.78, 5) is 5.41. The van der Waals surface area contributed by atoms with E-state index in [1.807, 2.05) is 6.07 Å². The first-order valence-electron chi connectivity index (χ1n) is 4.58. The van der Waals surface area contributed by atoms with Gasteiger partial charge in [0.1, 0.15) is 0 Å². The number of hydrogen-bond donors (Lipinski definition) is 2. The van der Waals surface area contributed by atoms with E-state index in [1.54, 1.807) is 11.3 Å². The Labute approximate surface area is 87.4 Å². The largest absolute Gasteiger partial charge is 0.370 e. The molecule has 0 aliphatic carbocycles. The number of nitrogens with zero attached hydrogens (tertiary/aromatic N) is 1. The number of guanidine groups is 1. The molecule has 4 heteroatoms. The first-order valence-corrected chi connectivity index (χ1v) is 5.46. The Kier molecular flexibility index (Phi) is 2.54. The summed E-state index contributed by atoms with van der Waals surface area (Å²) in [6.45, 7) is 2.89. The van der Waals surface area contributed by atoms with E-state index in [2.05, 4.69) is 34.8 Å². The maximum Gasteiger partial charge on any atom is 0.193 e. The molecule has 0 fully saturated rings. The van der Waals surface area contributed by atoms with Gasteiger partial charge in [-0.1, -0.05) is 19.1 Å². The SMILES string of the molecule is CC1C=C(c2cccs2)NC(N)=NC1. The van der Waals surface area contributed by atoms with Crippen LogP contribution in [0.4, 0.5) is 0 Å². The number of nitrogens with one attached hydrogen (secondary N) is 1. The van der Waals surface area contributed by atoms with Crippen LogP contribution in [0.5, 0.6) is 0 Å². The molecule has 2 rings (SSSR count). The topological polar surface area (TPSA) is 50.4 Å². The van der Waals surface area contributed by atoms with Crippen molar-refractivity contribution in [3.63, 3.8) is 0 Å². The van der Waals surface area contributed by atoms with Crippen molar-refractivity contribution in [2.24, 2.45) is 16.6 Å². The third-order valence-corrected chi connectivity index (χ3v) is 2.95. The summed E-state index contributed by atoms with van der Waals surface area (Å²) in [5, 5.41) is 5.17. The first kappa shape index (κ1) is 9.27. The molecule has 74 valence electrons. The van der Waals surface area contributed by atoms with Crippen LogP contribution in [-0.4, -0.2) is 12.5 Å². The van der Waals surface area contributed by atoms with Gasteiger partial charge < -0.3 is 11.1 Å². The smallest absolute Gasteiger partial charge is 0.193 e. The minimum Gasteiger partial charge on any atom is -0.370 e. The third kappa shape index (κ3) is 1.96. The van der Waals surface area contributed by atoms with Crippen LogP contribution in [0.2, 0.25) is 0 Å². The second kappa shape index (κ2) is 3.84. The van der Waals surface area contributed by atoms with Crippen molar-refractivity contribution in [1.29, 1.82) is 0 Å². The van der Waals surface area contributed by atoms with Crippen LogP contribution in [0, 0.1) is 5.92 Å². The molecule has 0 amide bonds. The number of hydrogen-bond acceptors (Lipinski definition) is 4. The van der Waals surface area contributed by atoms with Gasteiger partial charge in [-0.3, -0.25) is 4.99 Å². The Morgan fingerprint density at radius 3 is 3.21 bits per heavy atom. The molecule has 1 aliphatic heterocycles. The fourth-order valence-corrected chi connectivity index (χ4v) is 2.08. The molecule has 0 bridgehead atoms. The van der Waals surface area contributed by atoms with Crippen LogP contribution in [0.3, 0.4) is 0 Å². The van der Waals surface area contributed by atoms with Gasteiger partial charge in [0.2, 0.25) is 0 Å². The highest BCUT2D eigenvalue weighted by molar-refractivity contribution is 7.11. The Balaban J connectivity index is 2.30. The zero-order valence-corrected chi connectivity index (χ0v) is 8.84. The molecule has 0 spiro atoms. The molecule has 14 heavy (non-hydrogen) atoms. The maximum atomic E-state index is 5.70. The van der Waals surface area contributed by atoms with Gasteiger partial charge in [-0.2, -0.15) is 0 Å². The molecular formula is C10H13N3S. The Bertz CT molecular complexity index is 365. The summed E-state index contributed by atoms with van der Waals surface area (Å²) in [5.41, 5.74) is 6.77. The van der Waals surface area contributed by atoms with E-state index in [0.29, 0.717) is 11.9 Å². The quantitative estimate of drug-likeness (QED) is 0.735. The minimum absolute atomic E-state index is 0.431. The molecule has 1 aromatic heterocycles. The van der Waals surface area contributed by atoms with E-state index >= 15 is 0 Å². The van der Waals surface area contributed by atoms with Gasteiger partial charge in [-0.25, -0.2) is 0 Å². The van der Waals surface area contributed by atoms with E-state index in [9.17, 15) is 0 Å². The highest BCUT2D eigenvalue weighted by atomic mass is 32.1. The molecule has 3 N–H and O–H groups in total. The van der Waals surface area contributed by atoms with Gasteiger partial charge in [-0.15, -0.1) is 11.3 Å². The van der Waals surface area contributed by atoms with Gasteiger partial charge in [0.05, 0.1) is 10.6 Å². The summed E-state index contributed by atoms with van der Waals surface area (Å²) < 4.78 is 0. The average molecular weight is 207 g/mol. The molecule has 0 saturated heterocycles. The lowest BCUT2D eigenvalue weighted by atomic mass is 10.1. The molecule has 1 aromatic rings. The monoisotopic (exact) mass is 207 g/mol. The van der Waals surface area contributed by atoms with Crippen molar-refractivity contribution >= 4 is 23.0 Å². The fourth-order valence-electron chi connectivity index (χ4n) is 1.37. The van der Waals surface area contributed by atoms with Gasteiger partial charge in [0.25, 0.3) is 0 Å². The number of rotatable bonds is 1. The number of aliphatic imine (C=N–C) groups is 1. The zero-order chi connectivity index (χ0) is 9.97. The van der Waals surface area contributed by atoms with E-state index in [1.165, 1.54) is 4.88 Å². The summed E-state index contributed by atoms with van der Waals surface area (Å²) in [6.07, 6.45) is 2.18. The van der Waals surface area contributed by atoms with E-state index in [0.717, 1.165) is 12.2 Å². The van der Waals surface area contributed by atoms with E-state index in [-0.39, 0.29) is 0 Å². The molecule has 0 radical (unpaired) electrons. The van der Waals surface area contributed by atoms with Gasteiger partial charge >= 0.3 is 0 Å². The third-order valence-electron chi connectivity index (χ3n) is 2.05. The van der Waals surface area contributed by atoms with Crippen molar-refractivity contribution < 1.29 is 0 Å². The summed E-state index contributed by atoms with van der Waals surface area (Å²) >= 11 is 1.70. The van der Waals surface area contributed by atoms with Crippen LogP contribution in [-0.2, 0) is 0 Å². The normalized spacial score (nSPS) is 21.9. The van der Waals surface area contributed by atoms with Crippen molar-refractivity contribution in [3.05, 3.63) is 28.5 Å². The molecule has 0 aromatic carbocycles. The maximum absolute atomic E-state index is 5.70. The van der Waals surface area contributed by atoms with Crippen molar-refractivity contribution in [2.45, 2.75) is 6.92 Å². The van der Waals surface area contributed by atoms with Gasteiger partial charge in [0, 0.05) is 6.54 Å². The van der Waals surface area contributed by atoms with E-state index in [4.69, 9.17) is 5.73 Å². The lowest BCUT2D eigenvalue weighted by Gasteiger charge is -2.06. The van der Waals surface area contributed by atoms with Crippen molar-refractivity contribution in [1.82, 2.24) is 5.32 Å². The fraction of sp³-hybridized carbons (Fsp3) is 0.300. The number of thiophene rings is 1. The first-order chi connectivity index (χ1) is 6.75. The molecule has 1 aliphatic rings.